The van der Waals surface area contributed by atoms with E-state index < -0.39 is 5.97 Å². The highest BCUT2D eigenvalue weighted by molar-refractivity contribution is 9.10. The van der Waals surface area contributed by atoms with Gasteiger partial charge in [-0.25, -0.2) is 0 Å². The molecule has 37 heavy (non-hydrogen) atoms. The summed E-state index contributed by atoms with van der Waals surface area (Å²) < 4.78 is 7.17. The molecule has 7 nitrogen and oxygen atoms in total. The number of aliphatic imine (C=N–C) groups is 1. The summed E-state index contributed by atoms with van der Waals surface area (Å²) in [6.07, 6.45) is 4.43. The van der Waals surface area contributed by atoms with Gasteiger partial charge >= 0.3 is 5.97 Å². The lowest BCUT2D eigenvalue weighted by molar-refractivity contribution is -0.136. The molecular weight excluding hydrogens is 534 g/mol. The second-order valence-corrected chi connectivity index (χ2v) is 11.9. The average molecular weight is 571 g/mol. The maximum absolute atomic E-state index is 12.4. The van der Waals surface area contributed by atoms with Gasteiger partial charge in [0.25, 0.3) is 11.9 Å². The number of hydrogen-bond donors (Lipinski definition) is 2. The Balaban J connectivity index is 1.55. The van der Waals surface area contributed by atoms with Gasteiger partial charge in [-0.3, -0.25) is 9.59 Å². The predicted octanol–water partition coefficient (Wildman–Crippen LogP) is 6.32. The standard InChI is InChI=1S/C29H36BrN3O4/c1-29(2,3)21-11-13-24(14-12-21)33-25(18-37-28(33)32-23-6-4-5-22(30)17-23)19-7-9-20(10-8-19)27(36)31-16-15-26(34)35/h4-10,17,21,24-25H,11-16,18H2,1-3H3,(H,31,36)(H,34,35)/b32-28-. The Hall–Kier alpha value is -2.87. The number of carbonyl (C=O) groups excluding carboxylic acids is 1. The highest BCUT2D eigenvalue weighted by atomic mass is 79.9. The molecule has 198 valence electrons. The van der Waals surface area contributed by atoms with Gasteiger partial charge in [0, 0.05) is 22.6 Å². The Morgan fingerprint density at radius 1 is 1.11 bits per heavy atom. The molecule has 2 N–H and O–H groups in total. The number of amides is 1. The quantitative estimate of drug-likeness (QED) is 0.407. The summed E-state index contributed by atoms with van der Waals surface area (Å²) in [5.74, 6) is -0.506. The highest BCUT2D eigenvalue weighted by Gasteiger charge is 2.40. The fourth-order valence-electron chi connectivity index (χ4n) is 5.32. The zero-order valence-electron chi connectivity index (χ0n) is 21.7. The Morgan fingerprint density at radius 2 is 1.81 bits per heavy atom. The molecule has 1 aliphatic heterocycles. The van der Waals surface area contributed by atoms with Crippen molar-refractivity contribution >= 4 is 39.5 Å². The number of hydrogen-bond acceptors (Lipinski definition) is 4. The first-order chi connectivity index (χ1) is 17.6. The molecule has 1 atom stereocenters. The molecular formula is C29H36BrN3O4. The Labute approximate surface area is 227 Å². The number of benzene rings is 2. The summed E-state index contributed by atoms with van der Waals surface area (Å²) in [7, 11) is 0. The molecule has 1 saturated heterocycles. The minimum Gasteiger partial charge on any atom is -0.481 e. The maximum atomic E-state index is 12.4. The van der Waals surface area contributed by atoms with Crippen molar-refractivity contribution in [3.05, 3.63) is 64.1 Å². The fourth-order valence-corrected chi connectivity index (χ4v) is 5.70. The van der Waals surface area contributed by atoms with Crippen molar-refractivity contribution < 1.29 is 19.4 Å². The van der Waals surface area contributed by atoms with Crippen LogP contribution in [0.15, 0.2) is 58.0 Å². The molecule has 2 aromatic carbocycles. The molecule has 4 rings (SSSR count). The molecule has 0 aromatic heterocycles. The van der Waals surface area contributed by atoms with Crippen LogP contribution in [0.2, 0.25) is 0 Å². The van der Waals surface area contributed by atoms with Gasteiger partial charge in [0.1, 0.15) is 6.61 Å². The van der Waals surface area contributed by atoms with Crippen LogP contribution in [0.25, 0.3) is 0 Å². The van der Waals surface area contributed by atoms with E-state index in [1.165, 1.54) is 12.8 Å². The maximum Gasteiger partial charge on any atom is 0.305 e. The van der Waals surface area contributed by atoms with Crippen LogP contribution in [-0.2, 0) is 9.53 Å². The van der Waals surface area contributed by atoms with Crippen molar-refractivity contribution in [2.75, 3.05) is 13.2 Å². The predicted molar refractivity (Wildman–Crippen MR) is 148 cm³/mol. The number of aliphatic carboxylic acids is 1. The van der Waals surface area contributed by atoms with Crippen LogP contribution in [0.5, 0.6) is 0 Å². The lowest BCUT2D eigenvalue weighted by Crippen LogP contribution is -2.42. The number of rotatable bonds is 7. The summed E-state index contributed by atoms with van der Waals surface area (Å²) >= 11 is 3.53. The van der Waals surface area contributed by atoms with Crippen molar-refractivity contribution in [1.82, 2.24) is 10.2 Å². The van der Waals surface area contributed by atoms with E-state index in [1.54, 1.807) is 12.1 Å². The molecule has 0 bridgehead atoms. The fraction of sp³-hybridized carbons (Fsp3) is 0.483. The molecule has 8 heteroatoms. The van der Waals surface area contributed by atoms with E-state index in [4.69, 9.17) is 14.8 Å². The van der Waals surface area contributed by atoms with Crippen LogP contribution in [-0.4, -0.2) is 47.1 Å². The average Bonchev–Trinajstić information content (AvgIpc) is 3.26. The van der Waals surface area contributed by atoms with E-state index in [1.807, 2.05) is 36.4 Å². The number of amidine groups is 1. The first-order valence-corrected chi connectivity index (χ1v) is 13.8. The lowest BCUT2D eigenvalue weighted by Gasteiger charge is -2.41. The summed E-state index contributed by atoms with van der Waals surface area (Å²) in [5, 5.41) is 11.4. The largest absolute Gasteiger partial charge is 0.481 e. The Bertz CT molecular complexity index is 1130. The SMILES string of the molecule is CC(C)(C)C1CCC(N2/C(=N/c3cccc(Br)c3)OCC2c2ccc(C(=O)NCCC(=O)O)cc2)CC1. The molecule has 2 aliphatic rings. The van der Waals surface area contributed by atoms with E-state index in [0.717, 1.165) is 28.6 Å². The van der Waals surface area contributed by atoms with Crippen LogP contribution in [0.1, 0.15) is 74.8 Å². The van der Waals surface area contributed by atoms with E-state index in [-0.39, 0.29) is 24.9 Å². The molecule has 2 aromatic rings. The summed E-state index contributed by atoms with van der Waals surface area (Å²) in [4.78, 5) is 30.4. The van der Waals surface area contributed by atoms with E-state index in [2.05, 4.69) is 46.9 Å². The Kier molecular flexibility index (Phi) is 8.57. The number of halogens is 1. The van der Waals surface area contributed by atoms with Gasteiger partial charge < -0.3 is 20.1 Å². The second-order valence-electron chi connectivity index (χ2n) is 11.0. The van der Waals surface area contributed by atoms with Gasteiger partial charge in [-0.2, -0.15) is 4.99 Å². The van der Waals surface area contributed by atoms with Crippen molar-refractivity contribution in [3.63, 3.8) is 0 Å². The number of nitrogens with one attached hydrogen (secondary N) is 1. The number of carboxylic acid groups (broad SMARTS) is 1. The van der Waals surface area contributed by atoms with Crippen molar-refractivity contribution in [3.8, 4) is 0 Å². The van der Waals surface area contributed by atoms with Gasteiger partial charge in [0.2, 0.25) is 0 Å². The summed E-state index contributed by atoms with van der Waals surface area (Å²) in [6, 6.07) is 16.4. The zero-order chi connectivity index (χ0) is 26.6. The molecule has 2 fully saturated rings. The normalized spacial score (nSPS) is 23.1. The van der Waals surface area contributed by atoms with Crippen LogP contribution in [0, 0.1) is 11.3 Å². The van der Waals surface area contributed by atoms with E-state index >= 15 is 0 Å². The lowest BCUT2D eigenvalue weighted by atomic mass is 9.71. The minimum atomic E-state index is -0.936. The molecule has 0 spiro atoms. The highest BCUT2D eigenvalue weighted by Crippen LogP contribution is 2.42. The molecule has 1 heterocycles. The van der Waals surface area contributed by atoms with Gasteiger partial charge in [0.05, 0.1) is 18.2 Å². The van der Waals surface area contributed by atoms with Crippen molar-refractivity contribution in [2.45, 2.75) is 65.0 Å². The van der Waals surface area contributed by atoms with Crippen molar-refractivity contribution in [2.24, 2.45) is 16.3 Å². The summed E-state index contributed by atoms with van der Waals surface area (Å²) in [5.41, 5.74) is 2.72. The number of ether oxygens (including phenoxy) is 1. The van der Waals surface area contributed by atoms with Gasteiger partial charge in [-0.1, -0.05) is 54.9 Å². The molecule has 1 amide bonds. The summed E-state index contributed by atoms with van der Waals surface area (Å²) in [6.45, 7) is 7.60. The topological polar surface area (TPSA) is 91.2 Å². The third-order valence-electron chi connectivity index (χ3n) is 7.46. The van der Waals surface area contributed by atoms with Crippen LogP contribution in [0.4, 0.5) is 5.69 Å². The Morgan fingerprint density at radius 3 is 2.43 bits per heavy atom. The minimum absolute atomic E-state index is 0.00575. The smallest absolute Gasteiger partial charge is 0.305 e. The molecule has 0 radical (unpaired) electrons. The van der Waals surface area contributed by atoms with E-state index in [9.17, 15) is 9.59 Å². The second kappa shape index (κ2) is 11.7. The zero-order valence-corrected chi connectivity index (χ0v) is 23.3. The molecule has 1 aliphatic carbocycles. The first-order valence-electron chi connectivity index (χ1n) is 13.0. The number of nitrogens with zero attached hydrogens (tertiary/aromatic N) is 2. The molecule has 1 unspecified atom stereocenters. The van der Waals surface area contributed by atoms with Gasteiger partial charge in [-0.15, -0.1) is 0 Å². The monoisotopic (exact) mass is 569 g/mol. The van der Waals surface area contributed by atoms with Crippen LogP contribution >= 0.6 is 15.9 Å². The van der Waals surface area contributed by atoms with E-state index in [0.29, 0.717) is 35.6 Å². The van der Waals surface area contributed by atoms with Crippen molar-refractivity contribution in [1.29, 1.82) is 0 Å². The number of carboxylic acids is 1. The van der Waals surface area contributed by atoms with Crippen LogP contribution < -0.4 is 5.32 Å². The number of carbonyl (C=O) groups is 2. The van der Waals surface area contributed by atoms with Gasteiger partial charge in [0.15, 0.2) is 0 Å². The first kappa shape index (κ1) is 27.2. The molecule has 1 saturated carbocycles. The third-order valence-corrected chi connectivity index (χ3v) is 7.95. The van der Waals surface area contributed by atoms with Crippen LogP contribution in [0.3, 0.4) is 0 Å². The third kappa shape index (κ3) is 6.92. The van der Waals surface area contributed by atoms with Gasteiger partial charge in [-0.05, 0) is 72.9 Å².